The maximum atomic E-state index is 10.7. The van der Waals surface area contributed by atoms with Crippen LogP contribution in [0, 0.1) is 6.42 Å². The summed E-state index contributed by atoms with van der Waals surface area (Å²) in [5.41, 5.74) is 0. The van der Waals surface area contributed by atoms with Crippen LogP contribution in [0.25, 0.3) is 0 Å². The third-order valence-electron chi connectivity index (χ3n) is 1.10. The molecule has 0 atom stereocenters. The molecule has 0 bridgehead atoms. The van der Waals surface area contributed by atoms with Crippen LogP contribution in [-0.2, 0) is 19.7 Å². The Balaban J connectivity index is 2.97. The summed E-state index contributed by atoms with van der Waals surface area (Å²) in [4.78, 5) is 0. The molecule has 1 heterocycles. The first-order valence-electron chi connectivity index (χ1n) is 2.64. The molecule has 0 aromatic carbocycles. The van der Waals surface area contributed by atoms with E-state index >= 15 is 0 Å². The maximum absolute atomic E-state index is 10.7. The fourth-order valence-corrected chi connectivity index (χ4v) is 4.84. The summed E-state index contributed by atoms with van der Waals surface area (Å²) in [6.07, 6.45) is 1.27. The van der Waals surface area contributed by atoms with Gasteiger partial charge in [0.15, 0.2) is 24.8 Å². The van der Waals surface area contributed by atoms with Crippen molar-refractivity contribution in [1.29, 1.82) is 0 Å². The average Bonchev–Trinajstić information content (AvgIpc) is 1.56. The van der Waals surface area contributed by atoms with Crippen LogP contribution in [0.15, 0.2) is 0 Å². The van der Waals surface area contributed by atoms with Crippen molar-refractivity contribution in [3.8, 4) is 0 Å². The number of hydrogen-bond acceptors (Lipinski definition) is 4. The van der Waals surface area contributed by atoms with E-state index in [1.165, 1.54) is 6.42 Å². The van der Waals surface area contributed by atoms with Crippen LogP contribution in [-0.4, -0.2) is 33.4 Å². The van der Waals surface area contributed by atoms with Crippen molar-refractivity contribution < 1.29 is 16.8 Å². The van der Waals surface area contributed by atoms with Crippen LogP contribution in [0.2, 0.25) is 0 Å². The fraction of sp³-hybridized carbons (Fsp3) is 0.750. The minimum absolute atomic E-state index is 0.105. The standard InChI is InChI=1S/C4H7O4S2/c5-9(6)2-1-3-10(7,8)4-9/h1H,2-4H2. The molecule has 0 aromatic rings. The minimum Gasteiger partial charge on any atom is -0.228 e. The molecule has 1 saturated heterocycles. The molecule has 4 nitrogen and oxygen atoms in total. The molecule has 0 saturated carbocycles. The molecule has 0 unspecified atom stereocenters. The third-order valence-corrected chi connectivity index (χ3v) is 5.46. The van der Waals surface area contributed by atoms with E-state index in [1.54, 1.807) is 0 Å². The Morgan fingerprint density at radius 1 is 0.900 bits per heavy atom. The maximum Gasteiger partial charge on any atom is 0.164 e. The van der Waals surface area contributed by atoms with Gasteiger partial charge in [0.1, 0.15) is 0 Å². The Morgan fingerprint density at radius 2 is 1.30 bits per heavy atom. The second kappa shape index (κ2) is 2.20. The van der Waals surface area contributed by atoms with Crippen LogP contribution in [0.4, 0.5) is 0 Å². The summed E-state index contributed by atoms with van der Waals surface area (Å²) in [5, 5.41) is -0.684. The number of hydrogen-bond donors (Lipinski definition) is 0. The van der Waals surface area contributed by atoms with Gasteiger partial charge in [0.2, 0.25) is 0 Å². The highest BCUT2D eigenvalue weighted by Gasteiger charge is 2.27. The van der Waals surface area contributed by atoms with Gasteiger partial charge in [-0.15, -0.1) is 0 Å². The van der Waals surface area contributed by atoms with Gasteiger partial charge in [-0.2, -0.15) is 0 Å². The van der Waals surface area contributed by atoms with Crippen molar-refractivity contribution in [3.05, 3.63) is 6.42 Å². The molecule has 0 amide bonds. The predicted molar refractivity (Wildman–Crippen MR) is 36.7 cm³/mol. The van der Waals surface area contributed by atoms with Crippen molar-refractivity contribution in [2.75, 3.05) is 16.6 Å². The zero-order valence-corrected chi connectivity index (χ0v) is 6.78. The Hall–Kier alpha value is -0.100. The molecule has 1 aliphatic rings. The van der Waals surface area contributed by atoms with Crippen molar-refractivity contribution in [3.63, 3.8) is 0 Å². The van der Waals surface area contributed by atoms with Gasteiger partial charge in [0.05, 0.1) is 11.5 Å². The SMILES string of the molecule is O=S1(=O)C[CH]CS(=O)(=O)C1. The highest BCUT2D eigenvalue weighted by atomic mass is 32.3. The summed E-state index contributed by atoms with van der Waals surface area (Å²) in [7, 11) is -6.67. The number of sulfone groups is 2. The van der Waals surface area contributed by atoms with E-state index in [4.69, 9.17) is 0 Å². The summed E-state index contributed by atoms with van der Waals surface area (Å²) in [6, 6.07) is 0. The van der Waals surface area contributed by atoms with E-state index in [0.29, 0.717) is 0 Å². The molecule has 0 aliphatic carbocycles. The first-order valence-corrected chi connectivity index (χ1v) is 6.28. The molecule has 0 N–H and O–H groups in total. The summed E-state index contributed by atoms with van der Waals surface area (Å²) < 4.78 is 42.6. The molecule has 6 heteroatoms. The first kappa shape index (κ1) is 8.00. The van der Waals surface area contributed by atoms with Crippen molar-refractivity contribution >= 4 is 19.7 Å². The molecule has 1 radical (unpaired) electrons. The lowest BCUT2D eigenvalue weighted by atomic mass is 10.6. The van der Waals surface area contributed by atoms with E-state index < -0.39 is 24.8 Å². The Labute approximate surface area is 60.1 Å². The van der Waals surface area contributed by atoms with Gasteiger partial charge in [-0.25, -0.2) is 16.8 Å². The molecule has 0 spiro atoms. The zero-order chi connectivity index (χ0) is 7.83. The summed E-state index contributed by atoms with van der Waals surface area (Å²) in [6.45, 7) is 0. The largest absolute Gasteiger partial charge is 0.228 e. The Bertz CT molecular complexity index is 277. The molecule has 1 aliphatic heterocycles. The zero-order valence-electron chi connectivity index (χ0n) is 5.15. The smallest absolute Gasteiger partial charge is 0.164 e. The van der Waals surface area contributed by atoms with Gasteiger partial charge in [-0.05, 0) is 6.42 Å². The Kier molecular flexibility index (Phi) is 1.76. The topological polar surface area (TPSA) is 68.3 Å². The highest BCUT2D eigenvalue weighted by molar-refractivity contribution is 8.08. The van der Waals surface area contributed by atoms with Crippen LogP contribution in [0.5, 0.6) is 0 Å². The van der Waals surface area contributed by atoms with E-state index in [-0.39, 0.29) is 11.5 Å². The summed E-state index contributed by atoms with van der Waals surface area (Å²) >= 11 is 0. The van der Waals surface area contributed by atoms with Crippen LogP contribution in [0.1, 0.15) is 0 Å². The number of rotatable bonds is 0. The van der Waals surface area contributed by atoms with Gasteiger partial charge < -0.3 is 0 Å². The second-order valence-electron chi connectivity index (χ2n) is 2.23. The average molecular weight is 183 g/mol. The van der Waals surface area contributed by atoms with Crippen molar-refractivity contribution in [2.24, 2.45) is 0 Å². The molecular weight excluding hydrogens is 176 g/mol. The van der Waals surface area contributed by atoms with Crippen molar-refractivity contribution in [2.45, 2.75) is 0 Å². The van der Waals surface area contributed by atoms with Gasteiger partial charge in [0, 0.05) is 0 Å². The van der Waals surface area contributed by atoms with Gasteiger partial charge in [0.25, 0.3) is 0 Å². The molecular formula is C4H7O4S2. The summed E-state index contributed by atoms with van der Waals surface area (Å²) in [5.74, 6) is -0.210. The quantitative estimate of drug-likeness (QED) is 0.482. The lowest BCUT2D eigenvalue weighted by molar-refractivity contribution is 0.587. The monoisotopic (exact) mass is 183 g/mol. The minimum atomic E-state index is -3.33. The lowest BCUT2D eigenvalue weighted by Gasteiger charge is -2.10. The first-order chi connectivity index (χ1) is 4.41. The van der Waals surface area contributed by atoms with Crippen LogP contribution in [0.3, 0.4) is 0 Å². The van der Waals surface area contributed by atoms with Gasteiger partial charge in [-0.3, -0.25) is 0 Å². The van der Waals surface area contributed by atoms with E-state index in [9.17, 15) is 16.8 Å². The van der Waals surface area contributed by atoms with Crippen molar-refractivity contribution in [1.82, 2.24) is 0 Å². The molecule has 10 heavy (non-hydrogen) atoms. The third kappa shape index (κ3) is 1.95. The Morgan fingerprint density at radius 3 is 1.50 bits per heavy atom. The van der Waals surface area contributed by atoms with Crippen LogP contribution >= 0.6 is 0 Å². The normalized spacial score (nSPS) is 29.6. The predicted octanol–water partition coefficient (Wildman–Crippen LogP) is -1.01. The molecule has 1 rings (SSSR count). The van der Waals surface area contributed by atoms with Gasteiger partial charge >= 0.3 is 0 Å². The molecule has 1 fully saturated rings. The molecule has 0 aromatic heterocycles. The van der Waals surface area contributed by atoms with Gasteiger partial charge in [-0.1, -0.05) is 0 Å². The van der Waals surface area contributed by atoms with E-state index in [1.807, 2.05) is 0 Å². The second-order valence-corrected chi connectivity index (χ2v) is 6.81. The van der Waals surface area contributed by atoms with E-state index in [2.05, 4.69) is 0 Å². The van der Waals surface area contributed by atoms with E-state index in [0.717, 1.165) is 0 Å². The van der Waals surface area contributed by atoms with Crippen LogP contribution < -0.4 is 0 Å². The fourth-order valence-electron chi connectivity index (χ4n) is 0.777. The molecule has 59 valence electrons. The highest BCUT2D eigenvalue weighted by Crippen LogP contribution is 2.08. The lowest BCUT2D eigenvalue weighted by Crippen LogP contribution is -2.28.